The van der Waals surface area contributed by atoms with Crippen LogP contribution in [-0.2, 0) is 13.0 Å². The highest BCUT2D eigenvalue weighted by molar-refractivity contribution is 7.07. The van der Waals surface area contributed by atoms with Crippen molar-refractivity contribution in [2.24, 2.45) is 0 Å². The van der Waals surface area contributed by atoms with Gasteiger partial charge in [0.2, 0.25) is 0 Å². The minimum Gasteiger partial charge on any atom is -0.383 e. The number of hydrogen-bond acceptors (Lipinski definition) is 6. The van der Waals surface area contributed by atoms with E-state index in [1.54, 1.807) is 11.3 Å². The fraction of sp³-hybridized carbons (Fsp3) is 0.417. The molecule has 0 aromatic carbocycles. The first-order valence-electron chi connectivity index (χ1n) is 5.83. The van der Waals surface area contributed by atoms with Gasteiger partial charge >= 0.3 is 0 Å². The maximum absolute atomic E-state index is 5.92. The van der Waals surface area contributed by atoms with Crippen LogP contribution >= 0.6 is 11.3 Å². The Kier molecular flexibility index (Phi) is 3.76. The van der Waals surface area contributed by atoms with E-state index in [2.05, 4.69) is 19.9 Å². The van der Waals surface area contributed by atoms with Crippen molar-refractivity contribution >= 4 is 23.0 Å². The van der Waals surface area contributed by atoms with Crippen molar-refractivity contribution < 1.29 is 0 Å². The van der Waals surface area contributed by atoms with Crippen LogP contribution in [0.4, 0.5) is 11.6 Å². The minimum absolute atomic E-state index is 0.557. The molecule has 0 bridgehead atoms. The molecule has 2 aromatic heterocycles. The lowest BCUT2D eigenvalue weighted by molar-refractivity contribution is 0.839. The number of hydrogen-bond donors (Lipinski definition) is 1. The number of nitrogens with two attached hydrogens (primary N) is 1. The molecular weight excluding hydrogens is 246 g/mol. The standard InChI is InChI=1S/C12H17N5S/c1-4-10-15-11(13)8(2)12(16-10)17(3)5-9-6-18-7-14-9/h6-7H,4-5H2,1-3H3,(H2,13,15,16). The SMILES string of the molecule is CCc1nc(N)c(C)c(N(C)Cc2cscn2)n1. The fourth-order valence-electron chi connectivity index (χ4n) is 1.73. The molecule has 2 heterocycles. The van der Waals surface area contributed by atoms with E-state index in [0.717, 1.165) is 35.9 Å². The van der Waals surface area contributed by atoms with Gasteiger partial charge in [0.05, 0.1) is 17.7 Å². The quantitative estimate of drug-likeness (QED) is 0.914. The Balaban J connectivity index is 2.29. The molecule has 0 saturated heterocycles. The summed E-state index contributed by atoms with van der Waals surface area (Å²) in [5, 5.41) is 2.04. The third kappa shape index (κ3) is 2.59. The lowest BCUT2D eigenvalue weighted by Gasteiger charge is -2.20. The van der Waals surface area contributed by atoms with Gasteiger partial charge < -0.3 is 10.6 Å². The Morgan fingerprint density at radius 3 is 2.78 bits per heavy atom. The van der Waals surface area contributed by atoms with Gasteiger partial charge in [0.1, 0.15) is 17.5 Å². The average molecular weight is 263 g/mol. The normalized spacial score (nSPS) is 10.6. The minimum atomic E-state index is 0.557. The van der Waals surface area contributed by atoms with Gasteiger partial charge in [-0.3, -0.25) is 0 Å². The second-order valence-electron chi connectivity index (χ2n) is 4.16. The van der Waals surface area contributed by atoms with Crippen molar-refractivity contribution in [2.45, 2.75) is 26.8 Å². The molecule has 0 aliphatic carbocycles. The van der Waals surface area contributed by atoms with Crippen molar-refractivity contribution in [3.8, 4) is 0 Å². The summed E-state index contributed by atoms with van der Waals surface area (Å²) in [6, 6.07) is 0. The number of anilines is 2. The van der Waals surface area contributed by atoms with Gasteiger partial charge in [-0.15, -0.1) is 11.3 Å². The molecule has 6 heteroatoms. The second kappa shape index (κ2) is 5.30. The predicted octanol–water partition coefficient (Wildman–Crippen LogP) is 2.02. The molecular formula is C12H17N5S. The molecule has 96 valence electrons. The molecule has 2 N–H and O–H groups in total. The van der Waals surface area contributed by atoms with E-state index in [-0.39, 0.29) is 0 Å². The third-order valence-electron chi connectivity index (χ3n) is 2.76. The molecule has 18 heavy (non-hydrogen) atoms. The Labute approximate surface area is 111 Å². The lowest BCUT2D eigenvalue weighted by Crippen LogP contribution is -2.21. The van der Waals surface area contributed by atoms with Gasteiger partial charge in [0, 0.05) is 24.4 Å². The molecule has 0 spiro atoms. The van der Waals surface area contributed by atoms with Crippen LogP contribution in [0.2, 0.25) is 0 Å². The highest BCUT2D eigenvalue weighted by Gasteiger charge is 2.12. The van der Waals surface area contributed by atoms with Crippen LogP contribution in [0.1, 0.15) is 24.0 Å². The smallest absolute Gasteiger partial charge is 0.137 e. The summed E-state index contributed by atoms with van der Waals surface area (Å²) >= 11 is 1.60. The first-order valence-corrected chi connectivity index (χ1v) is 6.77. The number of aromatic nitrogens is 3. The molecule has 0 aliphatic rings. The molecule has 2 rings (SSSR count). The molecule has 5 nitrogen and oxygen atoms in total. The Hall–Kier alpha value is -1.69. The summed E-state index contributed by atoms with van der Waals surface area (Å²) in [5.41, 5.74) is 9.71. The molecule has 0 amide bonds. The van der Waals surface area contributed by atoms with E-state index in [4.69, 9.17) is 5.73 Å². The van der Waals surface area contributed by atoms with Crippen LogP contribution in [0.15, 0.2) is 10.9 Å². The predicted molar refractivity (Wildman–Crippen MR) is 74.8 cm³/mol. The summed E-state index contributed by atoms with van der Waals surface area (Å²) in [4.78, 5) is 15.1. The van der Waals surface area contributed by atoms with Crippen LogP contribution in [0.25, 0.3) is 0 Å². The van der Waals surface area contributed by atoms with Crippen molar-refractivity contribution in [1.82, 2.24) is 15.0 Å². The third-order valence-corrected chi connectivity index (χ3v) is 3.40. The topological polar surface area (TPSA) is 67.9 Å². The van der Waals surface area contributed by atoms with Crippen LogP contribution in [0.5, 0.6) is 0 Å². The number of thiazole rings is 1. The lowest BCUT2D eigenvalue weighted by atomic mass is 10.2. The molecule has 0 unspecified atom stereocenters. The zero-order valence-corrected chi connectivity index (χ0v) is 11.7. The largest absolute Gasteiger partial charge is 0.383 e. The number of rotatable bonds is 4. The van der Waals surface area contributed by atoms with Crippen molar-refractivity contribution in [3.63, 3.8) is 0 Å². The maximum atomic E-state index is 5.92. The van der Waals surface area contributed by atoms with E-state index < -0.39 is 0 Å². The average Bonchev–Trinajstić information content (AvgIpc) is 2.85. The van der Waals surface area contributed by atoms with E-state index in [9.17, 15) is 0 Å². The van der Waals surface area contributed by atoms with Crippen LogP contribution in [0, 0.1) is 6.92 Å². The Morgan fingerprint density at radius 2 is 2.17 bits per heavy atom. The van der Waals surface area contributed by atoms with E-state index in [1.807, 2.05) is 31.8 Å². The zero-order valence-electron chi connectivity index (χ0n) is 10.8. The summed E-state index contributed by atoms with van der Waals surface area (Å²) in [6.07, 6.45) is 0.780. The van der Waals surface area contributed by atoms with Crippen molar-refractivity contribution in [2.75, 3.05) is 17.7 Å². The summed E-state index contributed by atoms with van der Waals surface area (Å²) < 4.78 is 0. The van der Waals surface area contributed by atoms with Crippen molar-refractivity contribution in [1.29, 1.82) is 0 Å². The van der Waals surface area contributed by atoms with E-state index >= 15 is 0 Å². The maximum Gasteiger partial charge on any atom is 0.137 e. The molecule has 0 aliphatic heterocycles. The van der Waals surface area contributed by atoms with Crippen LogP contribution in [0.3, 0.4) is 0 Å². The molecule has 2 aromatic rings. The summed E-state index contributed by atoms with van der Waals surface area (Å²) in [6.45, 7) is 4.69. The number of nitrogens with zero attached hydrogens (tertiary/aromatic N) is 4. The van der Waals surface area contributed by atoms with Gasteiger partial charge in [-0.1, -0.05) is 6.92 Å². The monoisotopic (exact) mass is 263 g/mol. The Morgan fingerprint density at radius 1 is 1.39 bits per heavy atom. The number of aryl methyl sites for hydroxylation is 1. The van der Waals surface area contributed by atoms with Crippen LogP contribution < -0.4 is 10.6 Å². The first-order chi connectivity index (χ1) is 8.61. The molecule has 0 atom stereocenters. The Bertz CT molecular complexity index is 524. The fourth-order valence-corrected chi connectivity index (χ4v) is 2.28. The van der Waals surface area contributed by atoms with Gasteiger partial charge in [0.25, 0.3) is 0 Å². The van der Waals surface area contributed by atoms with Crippen molar-refractivity contribution in [3.05, 3.63) is 28.0 Å². The first kappa shape index (κ1) is 12.8. The summed E-state index contributed by atoms with van der Waals surface area (Å²) in [5.74, 6) is 2.22. The number of nitrogen functional groups attached to an aromatic ring is 1. The van der Waals surface area contributed by atoms with Gasteiger partial charge in [-0.05, 0) is 6.92 Å². The molecule has 0 radical (unpaired) electrons. The van der Waals surface area contributed by atoms with E-state index in [1.165, 1.54) is 0 Å². The molecule has 0 fully saturated rings. The zero-order chi connectivity index (χ0) is 13.1. The highest BCUT2D eigenvalue weighted by Crippen LogP contribution is 2.22. The molecule has 0 saturated carbocycles. The van der Waals surface area contributed by atoms with Gasteiger partial charge in [-0.25, -0.2) is 15.0 Å². The van der Waals surface area contributed by atoms with E-state index in [0.29, 0.717) is 5.82 Å². The van der Waals surface area contributed by atoms with Gasteiger partial charge in [-0.2, -0.15) is 0 Å². The highest BCUT2D eigenvalue weighted by atomic mass is 32.1. The summed E-state index contributed by atoms with van der Waals surface area (Å²) in [7, 11) is 1.99. The van der Waals surface area contributed by atoms with Crippen LogP contribution in [-0.4, -0.2) is 22.0 Å². The van der Waals surface area contributed by atoms with Gasteiger partial charge in [0.15, 0.2) is 0 Å². The second-order valence-corrected chi connectivity index (χ2v) is 4.88.